The van der Waals surface area contributed by atoms with Gasteiger partial charge in [0.1, 0.15) is 16.9 Å². The van der Waals surface area contributed by atoms with Crippen LogP contribution in [-0.4, -0.2) is 36.1 Å². The molecule has 2 saturated heterocycles. The van der Waals surface area contributed by atoms with Crippen LogP contribution in [0.25, 0.3) is 10.6 Å². The standard InChI is InChI=1S/C19H24FN5OS/c1-10(22-18(26)16-14-9-21-8-7-15(14)24-25-16)17-11(2)23-19(27-17)12-3-5-13(20)6-4-12/h3-6,10,14-16,21,24-25H,7-9H2,1-2H3,(H,22,26). The van der Waals surface area contributed by atoms with Gasteiger partial charge in [-0.15, -0.1) is 11.3 Å². The summed E-state index contributed by atoms with van der Waals surface area (Å²) in [5.74, 6) is -0.00770. The molecule has 1 aromatic carbocycles. The predicted octanol–water partition coefficient (Wildman–Crippen LogP) is 1.89. The summed E-state index contributed by atoms with van der Waals surface area (Å²) >= 11 is 1.54. The number of piperidine rings is 1. The Hall–Kier alpha value is -1.87. The van der Waals surface area contributed by atoms with Crippen LogP contribution >= 0.6 is 11.3 Å². The van der Waals surface area contributed by atoms with Gasteiger partial charge in [0.15, 0.2) is 0 Å². The number of aryl methyl sites for hydroxylation is 1. The molecular weight excluding hydrogens is 365 g/mol. The van der Waals surface area contributed by atoms with Gasteiger partial charge in [0, 0.05) is 24.1 Å². The lowest BCUT2D eigenvalue weighted by molar-refractivity contribution is -0.124. The Morgan fingerprint density at radius 2 is 2.11 bits per heavy atom. The number of benzene rings is 1. The molecule has 0 aliphatic carbocycles. The van der Waals surface area contributed by atoms with Gasteiger partial charge in [-0.2, -0.15) is 0 Å². The molecule has 1 aromatic heterocycles. The molecule has 0 saturated carbocycles. The van der Waals surface area contributed by atoms with Crippen LogP contribution < -0.4 is 21.5 Å². The van der Waals surface area contributed by atoms with Gasteiger partial charge in [-0.3, -0.25) is 10.2 Å². The van der Waals surface area contributed by atoms with Gasteiger partial charge in [0.2, 0.25) is 5.91 Å². The van der Waals surface area contributed by atoms with Crippen molar-refractivity contribution in [3.63, 3.8) is 0 Å². The fourth-order valence-corrected chi connectivity index (χ4v) is 4.94. The minimum absolute atomic E-state index is 0.00216. The number of carbonyl (C=O) groups excluding carboxylic acids is 1. The van der Waals surface area contributed by atoms with Crippen LogP contribution in [0.4, 0.5) is 4.39 Å². The molecule has 0 bridgehead atoms. The number of carbonyl (C=O) groups is 1. The molecule has 1 amide bonds. The van der Waals surface area contributed by atoms with Gasteiger partial charge in [0.05, 0.1) is 16.6 Å². The molecule has 3 heterocycles. The number of halogens is 1. The van der Waals surface area contributed by atoms with Crippen LogP contribution in [0.1, 0.15) is 30.0 Å². The second kappa shape index (κ2) is 7.63. The summed E-state index contributed by atoms with van der Waals surface area (Å²) in [7, 11) is 0. The van der Waals surface area contributed by atoms with Gasteiger partial charge in [-0.1, -0.05) is 0 Å². The Morgan fingerprint density at radius 1 is 1.33 bits per heavy atom. The number of nitrogens with zero attached hydrogens (tertiary/aromatic N) is 1. The first-order chi connectivity index (χ1) is 13.0. The Bertz CT molecular complexity index is 824. The molecule has 2 aliphatic rings. The Morgan fingerprint density at radius 3 is 2.89 bits per heavy atom. The van der Waals surface area contributed by atoms with E-state index in [9.17, 15) is 9.18 Å². The largest absolute Gasteiger partial charge is 0.347 e. The minimum atomic E-state index is -0.263. The van der Waals surface area contributed by atoms with E-state index in [4.69, 9.17) is 0 Å². The Labute approximate surface area is 161 Å². The van der Waals surface area contributed by atoms with Crippen LogP contribution in [0.3, 0.4) is 0 Å². The predicted molar refractivity (Wildman–Crippen MR) is 104 cm³/mol. The zero-order chi connectivity index (χ0) is 19.0. The van der Waals surface area contributed by atoms with Crippen LogP contribution in [0.5, 0.6) is 0 Å². The number of nitrogens with one attached hydrogen (secondary N) is 4. The lowest BCUT2D eigenvalue weighted by Crippen LogP contribution is -2.49. The van der Waals surface area contributed by atoms with Crippen molar-refractivity contribution >= 4 is 17.2 Å². The fraction of sp³-hybridized carbons (Fsp3) is 0.474. The summed E-state index contributed by atoms with van der Waals surface area (Å²) in [6.07, 6.45) is 1.02. The van der Waals surface area contributed by atoms with Gasteiger partial charge in [-0.05, 0) is 51.1 Å². The second-order valence-corrected chi connectivity index (χ2v) is 8.27. The van der Waals surface area contributed by atoms with Crippen LogP contribution in [0, 0.1) is 18.7 Å². The normalized spacial score (nSPS) is 25.8. The van der Waals surface area contributed by atoms with Gasteiger partial charge < -0.3 is 10.6 Å². The van der Waals surface area contributed by atoms with Crippen LogP contribution in [-0.2, 0) is 4.79 Å². The number of hydrogen-bond acceptors (Lipinski definition) is 6. The third kappa shape index (κ3) is 3.75. The molecule has 2 fully saturated rings. The number of fused-ring (bicyclic) bond motifs is 1. The van der Waals surface area contributed by atoms with E-state index < -0.39 is 0 Å². The molecule has 8 heteroatoms. The average molecular weight is 390 g/mol. The first kappa shape index (κ1) is 18.5. The second-order valence-electron chi connectivity index (χ2n) is 7.24. The van der Waals surface area contributed by atoms with Crippen molar-refractivity contribution in [1.29, 1.82) is 0 Å². The van der Waals surface area contributed by atoms with E-state index in [1.807, 2.05) is 13.8 Å². The molecule has 2 aromatic rings. The molecule has 4 rings (SSSR count). The zero-order valence-corrected chi connectivity index (χ0v) is 16.2. The number of amides is 1. The lowest BCUT2D eigenvalue weighted by atomic mass is 9.89. The molecule has 0 radical (unpaired) electrons. The maximum Gasteiger partial charge on any atom is 0.239 e. The smallest absolute Gasteiger partial charge is 0.239 e. The lowest BCUT2D eigenvalue weighted by Gasteiger charge is -2.28. The molecular formula is C19H24FN5OS. The first-order valence-electron chi connectivity index (χ1n) is 9.28. The summed E-state index contributed by atoms with van der Waals surface area (Å²) in [6.45, 7) is 5.74. The van der Waals surface area contributed by atoms with Crippen molar-refractivity contribution in [2.75, 3.05) is 13.1 Å². The fourth-order valence-electron chi connectivity index (χ4n) is 3.87. The van der Waals surface area contributed by atoms with Crippen molar-refractivity contribution in [3.05, 3.63) is 40.7 Å². The summed E-state index contributed by atoms with van der Waals surface area (Å²) in [6, 6.07) is 6.29. The van der Waals surface area contributed by atoms with Gasteiger partial charge in [0.25, 0.3) is 0 Å². The van der Waals surface area contributed by atoms with Crippen molar-refractivity contribution in [1.82, 2.24) is 26.5 Å². The maximum atomic E-state index is 13.1. The molecule has 2 aliphatic heterocycles. The molecule has 144 valence electrons. The van der Waals surface area contributed by atoms with Crippen molar-refractivity contribution < 1.29 is 9.18 Å². The Kier molecular flexibility index (Phi) is 5.23. The van der Waals surface area contributed by atoms with Crippen LogP contribution in [0.15, 0.2) is 24.3 Å². The third-order valence-corrected chi connectivity index (χ3v) is 6.73. The first-order valence-corrected chi connectivity index (χ1v) is 10.1. The number of hydrogen-bond donors (Lipinski definition) is 4. The molecule has 4 unspecified atom stereocenters. The SMILES string of the molecule is Cc1nc(-c2ccc(F)cc2)sc1C(C)NC(=O)C1NNC2CCNCC21. The molecule has 4 N–H and O–H groups in total. The highest BCUT2D eigenvalue weighted by molar-refractivity contribution is 7.15. The van der Waals surface area contributed by atoms with Crippen molar-refractivity contribution in [3.8, 4) is 10.6 Å². The highest BCUT2D eigenvalue weighted by atomic mass is 32.1. The molecule has 4 atom stereocenters. The van der Waals surface area contributed by atoms with Gasteiger partial charge >= 0.3 is 0 Å². The van der Waals surface area contributed by atoms with Gasteiger partial charge in [-0.25, -0.2) is 14.8 Å². The van der Waals surface area contributed by atoms with Crippen molar-refractivity contribution in [2.24, 2.45) is 5.92 Å². The number of aromatic nitrogens is 1. The molecule has 27 heavy (non-hydrogen) atoms. The van der Waals surface area contributed by atoms with E-state index in [2.05, 4.69) is 26.5 Å². The summed E-state index contributed by atoms with van der Waals surface area (Å²) in [5, 5.41) is 7.33. The number of thiazole rings is 1. The minimum Gasteiger partial charge on any atom is -0.347 e. The van der Waals surface area contributed by atoms with E-state index in [0.29, 0.717) is 6.04 Å². The number of rotatable bonds is 4. The molecule has 0 spiro atoms. The monoisotopic (exact) mass is 389 g/mol. The highest BCUT2D eigenvalue weighted by Gasteiger charge is 2.41. The van der Waals surface area contributed by atoms with E-state index in [1.165, 1.54) is 23.5 Å². The highest BCUT2D eigenvalue weighted by Crippen LogP contribution is 2.32. The van der Waals surface area contributed by atoms with E-state index in [1.54, 1.807) is 12.1 Å². The van der Waals surface area contributed by atoms with Crippen molar-refractivity contribution in [2.45, 2.75) is 38.4 Å². The summed E-state index contributed by atoms with van der Waals surface area (Å²) in [4.78, 5) is 18.4. The van der Waals surface area contributed by atoms with E-state index in [-0.39, 0.29) is 29.7 Å². The van der Waals surface area contributed by atoms with E-state index >= 15 is 0 Å². The average Bonchev–Trinajstić information content (AvgIpc) is 3.26. The topological polar surface area (TPSA) is 78.1 Å². The quantitative estimate of drug-likeness (QED) is 0.642. The number of hydrazine groups is 1. The molecule has 6 nitrogen and oxygen atoms in total. The third-order valence-electron chi connectivity index (χ3n) is 5.34. The maximum absolute atomic E-state index is 13.1. The summed E-state index contributed by atoms with van der Waals surface area (Å²) in [5.41, 5.74) is 8.18. The van der Waals surface area contributed by atoms with Crippen LogP contribution in [0.2, 0.25) is 0 Å². The summed E-state index contributed by atoms with van der Waals surface area (Å²) < 4.78 is 13.1. The zero-order valence-electron chi connectivity index (χ0n) is 15.4. The van der Waals surface area contributed by atoms with E-state index in [0.717, 1.165) is 40.7 Å². The Balaban J connectivity index is 1.46.